The average molecular weight is 284 g/mol. The van der Waals surface area contributed by atoms with E-state index in [9.17, 15) is 14.4 Å². The Morgan fingerprint density at radius 3 is 2.62 bits per heavy atom. The Morgan fingerprint density at radius 2 is 2.00 bits per heavy atom. The lowest BCUT2D eigenvalue weighted by Gasteiger charge is -2.11. The second-order valence-electron chi connectivity index (χ2n) is 4.31. The predicted octanol–water partition coefficient (Wildman–Crippen LogP) is 3.08. The standard InChI is InChI=1S/C16H13FN2O2/c1-21-15-9-12(7-8-14(15)17)19-16(20)13(10-18)11-5-3-2-4-6-11/h2-9,13H,1H3,(H,19,20). The Balaban J connectivity index is 2.19. The van der Waals surface area contributed by atoms with Crippen LogP contribution in [0.5, 0.6) is 5.75 Å². The van der Waals surface area contributed by atoms with Crippen molar-refractivity contribution in [3.63, 3.8) is 0 Å². The number of hydrogen-bond acceptors (Lipinski definition) is 3. The summed E-state index contributed by atoms with van der Waals surface area (Å²) < 4.78 is 18.2. The summed E-state index contributed by atoms with van der Waals surface area (Å²) in [6.07, 6.45) is 0. The second kappa shape index (κ2) is 6.53. The summed E-state index contributed by atoms with van der Waals surface area (Å²) in [5.41, 5.74) is 0.973. The Labute approximate surface area is 121 Å². The molecule has 0 spiro atoms. The minimum absolute atomic E-state index is 0.0287. The minimum Gasteiger partial charge on any atom is -0.494 e. The van der Waals surface area contributed by atoms with Crippen LogP contribution in [0.4, 0.5) is 10.1 Å². The highest BCUT2D eigenvalue weighted by Gasteiger charge is 2.20. The molecule has 0 aliphatic rings. The molecule has 1 atom stereocenters. The van der Waals surface area contributed by atoms with Crippen LogP contribution < -0.4 is 10.1 Å². The zero-order chi connectivity index (χ0) is 15.2. The van der Waals surface area contributed by atoms with Crippen LogP contribution in [0.15, 0.2) is 48.5 Å². The molecular formula is C16H13FN2O2. The number of halogens is 1. The Kier molecular flexibility index (Phi) is 4.52. The maximum absolute atomic E-state index is 13.3. The van der Waals surface area contributed by atoms with Gasteiger partial charge in [-0.25, -0.2) is 4.39 Å². The van der Waals surface area contributed by atoms with Crippen LogP contribution in [0.25, 0.3) is 0 Å². The van der Waals surface area contributed by atoms with Gasteiger partial charge in [0.25, 0.3) is 0 Å². The van der Waals surface area contributed by atoms with Gasteiger partial charge in [-0.1, -0.05) is 30.3 Å². The van der Waals surface area contributed by atoms with Crippen molar-refractivity contribution >= 4 is 11.6 Å². The van der Waals surface area contributed by atoms with Gasteiger partial charge in [0.2, 0.25) is 5.91 Å². The van der Waals surface area contributed by atoms with Crippen molar-refractivity contribution in [2.45, 2.75) is 5.92 Å². The quantitative estimate of drug-likeness (QED) is 0.938. The van der Waals surface area contributed by atoms with Gasteiger partial charge in [0.1, 0.15) is 0 Å². The molecule has 5 heteroatoms. The van der Waals surface area contributed by atoms with Gasteiger partial charge in [-0.2, -0.15) is 5.26 Å². The van der Waals surface area contributed by atoms with Crippen molar-refractivity contribution in [1.29, 1.82) is 5.26 Å². The first kappa shape index (κ1) is 14.5. The van der Waals surface area contributed by atoms with Gasteiger partial charge in [-0.15, -0.1) is 0 Å². The van der Waals surface area contributed by atoms with Gasteiger partial charge >= 0.3 is 0 Å². The number of amides is 1. The molecule has 0 fully saturated rings. The summed E-state index contributed by atoms with van der Waals surface area (Å²) in [6, 6.07) is 14.7. The predicted molar refractivity (Wildman–Crippen MR) is 76.4 cm³/mol. The van der Waals surface area contributed by atoms with Gasteiger partial charge in [0.05, 0.1) is 13.2 Å². The molecule has 0 aliphatic carbocycles. The molecular weight excluding hydrogens is 271 g/mol. The summed E-state index contributed by atoms with van der Waals surface area (Å²) >= 11 is 0. The first-order valence-electron chi connectivity index (χ1n) is 6.24. The number of hydrogen-bond donors (Lipinski definition) is 1. The first-order valence-corrected chi connectivity index (χ1v) is 6.24. The molecule has 0 heterocycles. The van der Waals surface area contributed by atoms with E-state index < -0.39 is 17.6 Å². The SMILES string of the molecule is COc1cc(NC(=O)C(C#N)c2ccccc2)ccc1F. The number of carbonyl (C=O) groups excluding carboxylic acids is 1. The number of nitriles is 1. The summed E-state index contributed by atoms with van der Waals surface area (Å²) in [6.45, 7) is 0. The van der Waals surface area contributed by atoms with Gasteiger partial charge in [-0.05, 0) is 17.7 Å². The summed E-state index contributed by atoms with van der Waals surface area (Å²) in [5, 5.41) is 11.8. The molecule has 0 aromatic heterocycles. The van der Waals surface area contributed by atoms with E-state index in [4.69, 9.17) is 4.74 Å². The van der Waals surface area contributed by atoms with Crippen molar-refractivity contribution < 1.29 is 13.9 Å². The number of anilines is 1. The van der Waals surface area contributed by atoms with Crippen LogP contribution in [0.1, 0.15) is 11.5 Å². The number of benzene rings is 2. The van der Waals surface area contributed by atoms with Crippen LogP contribution >= 0.6 is 0 Å². The lowest BCUT2D eigenvalue weighted by molar-refractivity contribution is -0.116. The zero-order valence-electron chi connectivity index (χ0n) is 11.3. The second-order valence-corrected chi connectivity index (χ2v) is 4.31. The normalized spacial score (nSPS) is 11.3. The van der Waals surface area contributed by atoms with E-state index in [0.717, 1.165) is 0 Å². The smallest absolute Gasteiger partial charge is 0.246 e. The van der Waals surface area contributed by atoms with Crippen LogP contribution in [0, 0.1) is 17.1 Å². The Bertz CT molecular complexity index is 680. The third-order valence-corrected chi connectivity index (χ3v) is 2.94. The lowest BCUT2D eigenvalue weighted by Crippen LogP contribution is -2.20. The van der Waals surface area contributed by atoms with E-state index in [1.165, 1.54) is 25.3 Å². The van der Waals surface area contributed by atoms with Crippen LogP contribution in [-0.2, 0) is 4.79 Å². The van der Waals surface area contributed by atoms with Crippen molar-refractivity contribution in [3.8, 4) is 11.8 Å². The van der Waals surface area contributed by atoms with Crippen LogP contribution in [-0.4, -0.2) is 13.0 Å². The molecule has 0 saturated heterocycles. The molecule has 4 nitrogen and oxygen atoms in total. The summed E-state index contributed by atoms with van der Waals surface area (Å²) in [5.74, 6) is -1.89. The maximum atomic E-state index is 13.3. The summed E-state index contributed by atoms with van der Waals surface area (Å²) in [7, 11) is 1.34. The van der Waals surface area contributed by atoms with Crippen molar-refractivity contribution in [3.05, 3.63) is 59.9 Å². The van der Waals surface area contributed by atoms with Crippen molar-refractivity contribution in [2.24, 2.45) is 0 Å². The van der Waals surface area contributed by atoms with E-state index in [2.05, 4.69) is 5.32 Å². The van der Waals surface area contributed by atoms with Crippen LogP contribution in [0.2, 0.25) is 0 Å². The molecule has 0 radical (unpaired) electrons. The monoisotopic (exact) mass is 284 g/mol. The van der Waals surface area contributed by atoms with Crippen molar-refractivity contribution in [1.82, 2.24) is 0 Å². The fraction of sp³-hybridized carbons (Fsp3) is 0.125. The van der Waals surface area contributed by atoms with E-state index in [-0.39, 0.29) is 5.75 Å². The van der Waals surface area contributed by atoms with Gasteiger partial charge in [0, 0.05) is 11.8 Å². The molecule has 2 aromatic rings. The van der Waals surface area contributed by atoms with Gasteiger partial charge in [0.15, 0.2) is 17.5 Å². The number of carbonyl (C=O) groups is 1. The zero-order valence-corrected chi connectivity index (χ0v) is 11.3. The highest BCUT2D eigenvalue weighted by atomic mass is 19.1. The minimum atomic E-state index is -0.928. The number of nitrogens with one attached hydrogen (secondary N) is 1. The lowest BCUT2D eigenvalue weighted by atomic mass is 10.00. The van der Waals surface area contributed by atoms with E-state index in [1.54, 1.807) is 30.3 Å². The third-order valence-electron chi connectivity index (χ3n) is 2.94. The maximum Gasteiger partial charge on any atom is 0.246 e. The van der Waals surface area contributed by atoms with Crippen LogP contribution in [0.3, 0.4) is 0 Å². The fourth-order valence-electron chi connectivity index (χ4n) is 1.88. The molecule has 0 saturated carbocycles. The number of rotatable bonds is 4. The van der Waals surface area contributed by atoms with Crippen molar-refractivity contribution in [2.75, 3.05) is 12.4 Å². The number of ether oxygens (including phenoxy) is 1. The molecule has 2 rings (SSSR count). The molecule has 106 valence electrons. The van der Waals surface area contributed by atoms with E-state index in [1.807, 2.05) is 6.07 Å². The molecule has 0 aliphatic heterocycles. The molecule has 1 amide bonds. The highest BCUT2D eigenvalue weighted by Crippen LogP contribution is 2.23. The summed E-state index contributed by atoms with van der Waals surface area (Å²) in [4.78, 5) is 12.2. The van der Waals surface area contributed by atoms with Gasteiger partial charge in [-0.3, -0.25) is 4.79 Å². The molecule has 1 N–H and O–H groups in total. The fourth-order valence-corrected chi connectivity index (χ4v) is 1.88. The number of methoxy groups -OCH3 is 1. The Morgan fingerprint density at radius 1 is 1.29 bits per heavy atom. The molecule has 0 bridgehead atoms. The highest BCUT2D eigenvalue weighted by molar-refractivity contribution is 5.97. The van der Waals surface area contributed by atoms with E-state index >= 15 is 0 Å². The molecule has 1 unspecified atom stereocenters. The largest absolute Gasteiger partial charge is 0.494 e. The third kappa shape index (κ3) is 3.37. The Hall–Kier alpha value is -2.87. The average Bonchev–Trinajstić information content (AvgIpc) is 2.51. The topological polar surface area (TPSA) is 62.1 Å². The first-order chi connectivity index (χ1) is 10.2. The molecule has 2 aromatic carbocycles. The van der Waals surface area contributed by atoms with E-state index in [0.29, 0.717) is 11.3 Å². The van der Waals surface area contributed by atoms with Gasteiger partial charge < -0.3 is 10.1 Å². The number of nitrogens with zero attached hydrogens (tertiary/aromatic N) is 1. The molecule has 21 heavy (non-hydrogen) atoms.